The fraction of sp³-hybridized carbons (Fsp3) is 0.143. The van der Waals surface area contributed by atoms with Crippen LogP contribution < -0.4 is 9.47 Å². The maximum Gasteiger partial charge on any atom is 0.133 e. The van der Waals surface area contributed by atoms with Gasteiger partial charge in [0.25, 0.3) is 0 Å². The fourth-order valence-electron chi connectivity index (χ4n) is 1.54. The van der Waals surface area contributed by atoms with Gasteiger partial charge in [-0.05, 0) is 34.1 Å². The van der Waals surface area contributed by atoms with Gasteiger partial charge in [0.2, 0.25) is 0 Å². The van der Waals surface area contributed by atoms with E-state index in [4.69, 9.17) is 9.47 Å². The summed E-state index contributed by atoms with van der Waals surface area (Å²) in [7, 11) is 1.66. The SMILES string of the molecule is COc1ccccc1COc1ccccc1Br. The number of ether oxygens (including phenoxy) is 2. The van der Waals surface area contributed by atoms with E-state index < -0.39 is 0 Å². The Balaban J connectivity index is 2.10. The molecule has 0 N–H and O–H groups in total. The summed E-state index contributed by atoms with van der Waals surface area (Å²) in [6, 6.07) is 15.6. The number of benzene rings is 2. The number of hydrogen-bond acceptors (Lipinski definition) is 2. The quantitative estimate of drug-likeness (QED) is 0.847. The zero-order valence-electron chi connectivity index (χ0n) is 9.52. The van der Waals surface area contributed by atoms with Gasteiger partial charge in [0, 0.05) is 5.56 Å². The molecular weight excluding hydrogens is 280 g/mol. The van der Waals surface area contributed by atoms with E-state index in [0.29, 0.717) is 6.61 Å². The van der Waals surface area contributed by atoms with Gasteiger partial charge >= 0.3 is 0 Å². The van der Waals surface area contributed by atoms with E-state index in [1.54, 1.807) is 7.11 Å². The molecule has 0 radical (unpaired) electrons. The van der Waals surface area contributed by atoms with Crippen molar-refractivity contribution in [2.75, 3.05) is 7.11 Å². The molecule has 0 aromatic heterocycles. The highest BCUT2D eigenvalue weighted by molar-refractivity contribution is 9.10. The molecule has 0 unspecified atom stereocenters. The standard InChI is InChI=1S/C14H13BrO2/c1-16-13-8-4-2-6-11(13)10-17-14-9-5-3-7-12(14)15/h2-9H,10H2,1H3. The molecule has 0 bridgehead atoms. The number of halogens is 1. The number of methoxy groups -OCH3 is 1. The van der Waals surface area contributed by atoms with Crippen LogP contribution in [0.2, 0.25) is 0 Å². The summed E-state index contributed by atoms with van der Waals surface area (Å²) in [4.78, 5) is 0. The van der Waals surface area contributed by atoms with Crippen molar-refractivity contribution in [3.05, 3.63) is 58.6 Å². The molecule has 0 heterocycles. The largest absolute Gasteiger partial charge is 0.496 e. The maximum absolute atomic E-state index is 5.74. The smallest absolute Gasteiger partial charge is 0.133 e. The summed E-state index contributed by atoms with van der Waals surface area (Å²) >= 11 is 3.45. The Morgan fingerprint density at radius 1 is 0.941 bits per heavy atom. The number of para-hydroxylation sites is 2. The molecular formula is C14H13BrO2. The molecule has 88 valence electrons. The average molecular weight is 293 g/mol. The molecule has 0 aliphatic rings. The molecule has 2 aromatic carbocycles. The second-order valence-corrected chi connectivity index (χ2v) is 4.39. The van der Waals surface area contributed by atoms with E-state index >= 15 is 0 Å². The first-order valence-electron chi connectivity index (χ1n) is 5.30. The minimum atomic E-state index is 0.493. The molecule has 2 nitrogen and oxygen atoms in total. The lowest BCUT2D eigenvalue weighted by molar-refractivity contribution is 0.295. The summed E-state index contributed by atoms with van der Waals surface area (Å²) in [6.07, 6.45) is 0. The molecule has 3 heteroatoms. The first kappa shape index (κ1) is 12.0. The molecule has 2 rings (SSSR count). The van der Waals surface area contributed by atoms with Crippen LogP contribution in [0.4, 0.5) is 0 Å². The van der Waals surface area contributed by atoms with Crippen LogP contribution in [0.25, 0.3) is 0 Å². The molecule has 0 aliphatic carbocycles. The third kappa shape index (κ3) is 3.01. The molecule has 0 atom stereocenters. The highest BCUT2D eigenvalue weighted by Gasteiger charge is 2.04. The highest BCUT2D eigenvalue weighted by atomic mass is 79.9. The van der Waals surface area contributed by atoms with Crippen LogP contribution in [-0.2, 0) is 6.61 Å². The van der Waals surface area contributed by atoms with Crippen molar-refractivity contribution in [3.8, 4) is 11.5 Å². The van der Waals surface area contributed by atoms with Crippen molar-refractivity contribution in [3.63, 3.8) is 0 Å². The molecule has 0 amide bonds. The summed E-state index contributed by atoms with van der Waals surface area (Å²) in [5.41, 5.74) is 1.03. The molecule has 17 heavy (non-hydrogen) atoms. The Morgan fingerprint density at radius 3 is 2.29 bits per heavy atom. The average Bonchev–Trinajstić information content (AvgIpc) is 2.38. The Morgan fingerprint density at radius 2 is 1.59 bits per heavy atom. The molecule has 0 fully saturated rings. The van der Waals surface area contributed by atoms with Gasteiger partial charge in [0.15, 0.2) is 0 Å². The highest BCUT2D eigenvalue weighted by Crippen LogP contribution is 2.26. The van der Waals surface area contributed by atoms with E-state index in [-0.39, 0.29) is 0 Å². The van der Waals surface area contributed by atoms with Crippen LogP contribution in [-0.4, -0.2) is 7.11 Å². The van der Waals surface area contributed by atoms with Crippen LogP contribution in [0.1, 0.15) is 5.56 Å². The summed E-state index contributed by atoms with van der Waals surface area (Å²) in [6.45, 7) is 0.493. The van der Waals surface area contributed by atoms with E-state index in [2.05, 4.69) is 15.9 Å². The lowest BCUT2D eigenvalue weighted by Gasteiger charge is -2.10. The van der Waals surface area contributed by atoms with Crippen molar-refractivity contribution in [1.29, 1.82) is 0 Å². The van der Waals surface area contributed by atoms with Gasteiger partial charge in [0.05, 0.1) is 11.6 Å². The molecule has 0 saturated carbocycles. The second kappa shape index (κ2) is 5.73. The molecule has 0 saturated heterocycles. The van der Waals surface area contributed by atoms with Crippen LogP contribution in [0, 0.1) is 0 Å². The monoisotopic (exact) mass is 292 g/mol. The number of hydrogen-bond donors (Lipinski definition) is 0. The Kier molecular flexibility index (Phi) is 4.04. The second-order valence-electron chi connectivity index (χ2n) is 3.53. The Labute approximate surface area is 109 Å². The van der Waals surface area contributed by atoms with E-state index in [1.165, 1.54) is 0 Å². The summed E-state index contributed by atoms with van der Waals surface area (Å²) in [5.74, 6) is 1.68. The predicted molar refractivity (Wildman–Crippen MR) is 71.5 cm³/mol. The van der Waals surface area contributed by atoms with E-state index in [0.717, 1.165) is 21.5 Å². The zero-order valence-corrected chi connectivity index (χ0v) is 11.1. The van der Waals surface area contributed by atoms with Gasteiger partial charge in [-0.2, -0.15) is 0 Å². The first-order chi connectivity index (χ1) is 8.31. The van der Waals surface area contributed by atoms with Crippen molar-refractivity contribution in [2.45, 2.75) is 6.61 Å². The predicted octanol–water partition coefficient (Wildman–Crippen LogP) is 4.04. The minimum Gasteiger partial charge on any atom is -0.496 e. The molecule has 0 spiro atoms. The van der Waals surface area contributed by atoms with E-state index in [1.807, 2.05) is 48.5 Å². The Hall–Kier alpha value is -1.48. The topological polar surface area (TPSA) is 18.5 Å². The number of rotatable bonds is 4. The van der Waals surface area contributed by atoms with Crippen molar-refractivity contribution >= 4 is 15.9 Å². The minimum absolute atomic E-state index is 0.493. The lowest BCUT2D eigenvalue weighted by atomic mass is 10.2. The normalized spacial score (nSPS) is 10.0. The first-order valence-corrected chi connectivity index (χ1v) is 6.10. The molecule has 2 aromatic rings. The van der Waals surface area contributed by atoms with Crippen LogP contribution >= 0.6 is 15.9 Å². The van der Waals surface area contributed by atoms with Crippen molar-refractivity contribution in [2.24, 2.45) is 0 Å². The van der Waals surface area contributed by atoms with Crippen molar-refractivity contribution < 1.29 is 9.47 Å². The summed E-state index contributed by atoms with van der Waals surface area (Å²) < 4.78 is 12.0. The van der Waals surface area contributed by atoms with Gasteiger partial charge in [-0.25, -0.2) is 0 Å². The zero-order chi connectivity index (χ0) is 12.1. The lowest BCUT2D eigenvalue weighted by Crippen LogP contribution is -1.98. The van der Waals surface area contributed by atoms with Gasteiger partial charge in [-0.3, -0.25) is 0 Å². The maximum atomic E-state index is 5.74. The molecule has 0 aliphatic heterocycles. The van der Waals surface area contributed by atoms with Gasteiger partial charge in [0.1, 0.15) is 18.1 Å². The van der Waals surface area contributed by atoms with Gasteiger partial charge < -0.3 is 9.47 Å². The third-order valence-corrected chi connectivity index (χ3v) is 3.07. The Bertz CT molecular complexity index is 497. The summed E-state index contributed by atoms with van der Waals surface area (Å²) in [5, 5.41) is 0. The van der Waals surface area contributed by atoms with E-state index in [9.17, 15) is 0 Å². The van der Waals surface area contributed by atoms with Gasteiger partial charge in [-0.1, -0.05) is 30.3 Å². The van der Waals surface area contributed by atoms with Crippen LogP contribution in [0.5, 0.6) is 11.5 Å². The van der Waals surface area contributed by atoms with Crippen molar-refractivity contribution in [1.82, 2.24) is 0 Å². The third-order valence-electron chi connectivity index (χ3n) is 2.41. The fourth-order valence-corrected chi connectivity index (χ4v) is 1.94. The van der Waals surface area contributed by atoms with Crippen LogP contribution in [0.3, 0.4) is 0 Å². The van der Waals surface area contributed by atoms with Crippen LogP contribution in [0.15, 0.2) is 53.0 Å². The van der Waals surface area contributed by atoms with Gasteiger partial charge in [-0.15, -0.1) is 0 Å².